The van der Waals surface area contributed by atoms with Gasteiger partial charge in [-0.15, -0.1) is 0 Å². The van der Waals surface area contributed by atoms with Crippen molar-refractivity contribution in [2.75, 3.05) is 39.5 Å². The highest BCUT2D eigenvalue weighted by Crippen LogP contribution is 2.39. The molecular formula is C40H39ClN10O4. The summed E-state index contributed by atoms with van der Waals surface area (Å²) in [6, 6.07) is 23.4. The fraction of sp³-hybridized carbons (Fsp3) is 0.150. The van der Waals surface area contributed by atoms with Gasteiger partial charge >= 0.3 is 0 Å². The van der Waals surface area contributed by atoms with Gasteiger partial charge in [0.2, 0.25) is 17.0 Å². The average Bonchev–Trinajstić information content (AvgIpc) is 3.87. The first-order valence-electron chi connectivity index (χ1n) is 16.8. The van der Waals surface area contributed by atoms with Gasteiger partial charge in [-0.25, -0.2) is 29.9 Å². The molecule has 0 saturated heterocycles. The van der Waals surface area contributed by atoms with Crippen LogP contribution in [0.25, 0.3) is 33.2 Å². The molecule has 15 heteroatoms. The Hall–Kier alpha value is -6.93. The number of nitrogens with one attached hydrogen (secondary N) is 1. The molecule has 0 unspecified atom stereocenters. The Bertz CT molecular complexity index is 2530. The molecule has 0 bridgehead atoms. The molecule has 4 heterocycles. The maximum atomic E-state index is 5.60. The first-order chi connectivity index (χ1) is 26.7. The van der Waals surface area contributed by atoms with E-state index in [1.54, 1.807) is 64.3 Å². The molecule has 0 spiro atoms. The topological polar surface area (TPSA) is 162 Å². The minimum Gasteiger partial charge on any atom is -0.496 e. The average molecular weight is 759 g/mol. The zero-order valence-corrected chi connectivity index (χ0v) is 31.8. The standard InChI is InChI=1S/C20H19N5O.C12H15N3O3.C8H5ClN2/c1-13-8-16(9-18(26-3)14(13)2)25-11-19(22-12-25)24-20-21-10-15-6-4-5-7-17(15)23-20;1-16-9-4-8(15-6-11(13)14-7-15)5-10(17-2)12(9)18-3;9-8-10-5-6-3-1-2-4-7(6)11-8/h4-12H,1-3H3,(H,21,23,24);4-7H,13H2,1-3H3;1-5H. The second-order valence-electron chi connectivity index (χ2n) is 11.9. The second-order valence-corrected chi connectivity index (χ2v) is 12.3. The number of imidazole rings is 2. The van der Waals surface area contributed by atoms with Crippen LogP contribution < -0.4 is 30.0 Å². The minimum absolute atomic E-state index is 0.295. The number of hydrogen-bond donors (Lipinski definition) is 2. The Balaban J connectivity index is 0.000000153. The minimum atomic E-state index is 0.295. The summed E-state index contributed by atoms with van der Waals surface area (Å²) in [5.41, 5.74) is 11.5. The van der Waals surface area contributed by atoms with Gasteiger partial charge in [-0.3, -0.25) is 0 Å². The van der Waals surface area contributed by atoms with Gasteiger partial charge in [0.1, 0.15) is 24.2 Å². The third kappa shape index (κ3) is 9.00. The fourth-order valence-corrected chi connectivity index (χ4v) is 5.63. The molecular weight excluding hydrogens is 720 g/mol. The lowest BCUT2D eigenvalue weighted by molar-refractivity contribution is 0.324. The number of anilines is 3. The van der Waals surface area contributed by atoms with Crippen LogP contribution in [0.2, 0.25) is 5.28 Å². The van der Waals surface area contributed by atoms with E-state index in [4.69, 9.17) is 36.3 Å². The second kappa shape index (κ2) is 17.3. The molecule has 0 radical (unpaired) electrons. The molecule has 0 fully saturated rings. The lowest BCUT2D eigenvalue weighted by atomic mass is 10.1. The first-order valence-corrected chi connectivity index (χ1v) is 17.2. The summed E-state index contributed by atoms with van der Waals surface area (Å²) >= 11 is 5.60. The van der Waals surface area contributed by atoms with Crippen molar-refractivity contribution < 1.29 is 18.9 Å². The SMILES string of the molecule is COc1cc(-n2cnc(N)c2)cc(OC)c1OC.COc1cc(-n2cnc(Nc3ncc4ccccc4n3)c2)cc(C)c1C.Clc1ncc2ccccc2n1. The lowest BCUT2D eigenvalue weighted by Gasteiger charge is -2.14. The highest BCUT2D eigenvalue weighted by molar-refractivity contribution is 6.28. The van der Waals surface area contributed by atoms with Gasteiger partial charge in [-0.1, -0.05) is 36.4 Å². The maximum Gasteiger partial charge on any atom is 0.228 e. The van der Waals surface area contributed by atoms with Crippen molar-refractivity contribution in [1.82, 2.24) is 39.0 Å². The highest BCUT2D eigenvalue weighted by atomic mass is 35.5. The Kier molecular flexibility index (Phi) is 11.9. The Morgan fingerprint density at radius 3 is 1.82 bits per heavy atom. The molecule has 4 aromatic heterocycles. The number of aryl methyl sites for hydroxylation is 1. The van der Waals surface area contributed by atoms with Crippen molar-refractivity contribution in [1.29, 1.82) is 0 Å². The molecule has 8 aromatic rings. The number of methoxy groups -OCH3 is 4. The van der Waals surface area contributed by atoms with E-state index in [0.717, 1.165) is 44.5 Å². The van der Waals surface area contributed by atoms with Crippen molar-refractivity contribution in [2.24, 2.45) is 0 Å². The quantitative estimate of drug-likeness (QED) is 0.144. The van der Waals surface area contributed by atoms with Crippen LogP contribution in [0.1, 0.15) is 11.1 Å². The van der Waals surface area contributed by atoms with E-state index >= 15 is 0 Å². The van der Waals surface area contributed by atoms with Gasteiger partial charge in [-0.2, -0.15) is 0 Å². The summed E-state index contributed by atoms with van der Waals surface area (Å²) < 4.78 is 25.0. The van der Waals surface area contributed by atoms with E-state index in [-0.39, 0.29) is 0 Å². The first kappa shape index (κ1) is 37.8. The van der Waals surface area contributed by atoms with Crippen molar-refractivity contribution in [3.05, 3.63) is 127 Å². The summed E-state index contributed by atoms with van der Waals surface area (Å²) in [5.74, 6) is 4.23. The van der Waals surface area contributed by atoms with Crippen LogP contribution in [0.5, 0.6) is 23.0 Å². The summed E-state index contributed by atoms with van der Waals surface area (Å²) in [4.78, 5) is 25.1. The molecule has 0 saturated carbocycles. The number of aromatic nitrogens is 8. The number of halogens is 1. The molecule has 0 atom stereocenters. The van der Waals surface area contributed by atoms with Gasteiger partial charge in [0.05, 0.1) is 63.2 Å². The van der Waals surface area contributed by atoms with Crippen LogP contribution in [-0.2, 0) is 0 Å². The predicted octanol–water partition coefficient (Wildman–Crippen LogP) is 7.95. The zero-order valence-electron chi connectivity index (χ0n) is 31.1. The number of nitrogen functional groups attached to an aromatic ring is 1. The summed E-state index contributed by atoms with van der Waals surface area (Å²) in [6.07, 6.45) is 10.5. The van der Waals surface area contributed by atoms with Gasteiger partial charge in [0.25, 0.3) is 0 Å². The molecule has 280 valence electrons. The van der Waals surface area contributed by atoms with Crippen LogP contribution in [0, 0.1) is 13.8 Å². The van der Waals surface area contributed by atoms with Crippen molar-refractivity contribution in [3.8, 4) is 34.4 Å². The van der Waals surface area contributed by atoms with Gasteiger partial charge in [0.15, 0.2) is 17.3 Å². The predicted molar refractivity (Wildman–Crippen MR) is 215 cm³/mol. The monoisotopic (exact) mass is 758 g/mol. The third-order valence-electron chi connectivity index (χ3n) is 8.44. The molecule has 0 aliphatic rings. The Morgan fingerprint density at radius 2 is 1.20 bits per heavy atom. The van der Waals surface area contributed by atoms with Crippen LogP contribution in [0.15, 0.2) is 110 Å². The van der Waals surface area contributed by atoms with E-state index in [9.17, 15) is 0 Å². The Labute approximate surface area is 322 Å². The summed E-state index contributed by atoms with van der Waals surface area (Å²) in [6.45, 7) is 4.12. The van der Waals surface area contributed by atoms with Crippen molar-refractivity contribution in [2.45, 2.75) is 13.8 Å². The molecule has 0 amide bonds. The zero-order chi connectivity index (χ0) is 38.9. The Morgan fingerprint density at radius 1 is 0.636 bits per heavy atom. The highest BCUT2D eigenvalue weighted by Gasteiger charge is 2.14. The van der Waals surface area contributed by atoms with Gasteiger partial charge < -0.3 is 39.1 Å². The third-order valence-corrected chi connectivity index (χ3v) is 8.63. The van der Waals surface area contributed by atoms with Crippen LogP contribution in [-0.4, -0.2) is 67.5 Å². The van der Waals surface area contributed by atoms with Gasteiger partial charge in [0, 0.05) is 41.4 Å². The number of nitrogens with zero attached hydrogens (tertiary/aromatic N) is 8. The fourth-order valence-electron chi connectivity index (χ4n) is 5.49. The number of nitrogens with two attached hydrogens (primary N) is 1. The molecule has 8 rings (SSSR count). The van der Waals surface area contributed by atoms with Crippen LogP contribution in [0.4, 0.5) is 17.6 Å². The van der Waals surface area contributed by atoms with Crippen LogP contribution >= 0.6 is 11.6 Å². The molecule has 4 aromatic carbocycles. The van der Waals surface area contributed by atoms with E-state index in [1.807, 2.05) is 77.5 Å². The van der Waals surface area contributed by atoms with E-state index < -0.39 is 0 Å². The molecule has 14 nitrogen and oxygen atoms in total. The van der Waals surface area contributed by atoms with Crippen LogP contribution in [0.3, 0.4) is 0 Å². The van der Waals surface area contributed by atoms with Gasteiger partial charge in [-0.05, 0) is 54.8 Å². The largest absolute Gasteiger partial charge is 0.496 e. The lowest BCUT2D eigenvalue weighted by Crippen LogP contribution is -1.98. The summed E-state index contributed by atoms with van der Waals surface area (Å²) in [7, 11) is 6.39. The number of benzene rings is 4. The van der Waals surface area contributed by atoms with Crippen molar-refractivity contribution >= 4 is 51.0 Å². The summed E-state index contributed by atoms with van der Waals surface area (Å²) in [5, 5.41) is 5.47. The van der Waals surface area contributed by atoms with E-state index in [2.05, 4.69) is 55.1 Å². The van der Waals surface area contributed by atoms with E-state index in [0.29, 0.717) is 40.1 Å². The normalized spacial score (nSPS) is 10.5. The number of ether oxygens (including phenoxy) is 4. The van der Waals surface area contributed by atoms with Crippen molar-refractivity contribution in [3.63, 3.8) is 0 Å². The molecule has 3 N–H and O–H groups in total. The maximum absolute atomic E-state index is 5.60. The number of rotatable bonds is 8. The number of fused-ring (bicyclic) bond motifs is 2. The molecule has 0 aliphatic heterocycles. The number of para-hydroxylation sites is 2. The molecule has 0 aliphatic carbocycles. The number of hydrogen-bond acceptors (Lipinski definition) is 12. The molecule has 55 heavy (non-hydrogen) atoms. The smallest absolute Gasteiger partial charge is 0.228 e. The van der Waals surface area contributed by atoms with E-state index in [1.165, 1.54) is 5.56 Å².